The molecule has 0 unspecified atom stereocenters. The van der Waals surface area contributed by atoms with E-state index in [1.54, 1.807) is 0 Å². The third-order valence-electron chi connectivity index (χ3n) is 4.68. The zero-order valence-electron chi connectivity index (χ0n) is 15.4. The van der Waals surface area contributed by atoms with E-state index in [1.165, 1.54) is 0 Å². The first-order valence-electron chi connectivity index (χ1n) is 8.64. The highest BCUT2D eigenvalue weighted by molar-refractivity contribution is 5.99. The van der Waals surface area contributed by atoms with Crippen molar-refractivity contribution in [2.45, 2.75) is 33.2 Å². The second kappa shape index (κ2) is 5.61. The standard InChI is InChI=1S/C21H21N3O2/c1-11-17-12(2)19(20(25)26-10-21(3,4)22)24-16(17)9-14-13-7-5-6-8-15(13)23-18(11)14/h5-9H,10,22H2,1-4H3. The lowest BCUT2D eigenvalue weighted by Crippen LogP contribution is -2.38. The minimum atomic E-state index is -0.574. The van der Waals surface area contributed by atoms with Crippen molar-refractivity contribution >= 4 is 17.2 Å². The molecule has 0 aromatic heterocycles. The van der Waals surface area contributed by atoms with Gasteiger partial charge < -0.3 is 10.5 Å². The molecule has 132 valence electrons. The molecule has 0 radical (unpaired) electrons. The van der Waals surface area contributed by atoms with Crippen molar-refractivity contribution in [1.82, 2.24) is 0 Å². The smallest absolute Gasteiger partial charge is 0.357 e. The fourth-order valence-electron chi connectivity index (χ4n) is 3.46. The van der Waals surface area contributed by atoms with E-state index in [-0.39, 0.29) is 6.61 Å². The zero-order valence-corrected chi connectivity index (χ0v) is 15.4. The summed E-state index contributed by atoms with van der Waals surface area (Å²) in [6, 6.07) is 10.1. The number of para-hydroxylation sites is 1. The van der Waals surface area contributed by atoms with Crippen LogP contribution in [-0.4, -0.2) is 18.1 Å². The van der Waals surface area contributed by atoms with Gasteiger partial charge in [0.2, 0.25) is 0 Å². The fourth-order valence-corrected chi connectivity index (χ4v) is 3.46. The first-order valence-corrected chi connectivity index (χ1v) is 8.64. The number of allylic oxidation sites excluding steroid dienone is 1. The van der Waals surface area contributed by atoms with E-state index in [0.29, 0.717) is 5.70 Å². The normalized spacial score (nSPS) is 14.3. The SMILES string of the molecule is CC1=C(C(=O)OCC(C)(C)N)N=c2cc3c(c(C)c21)=Nc1ccccc1-3. The highest BCUT2D eigenvalue weighted by Crippen LogP contribution is 2.34. The van der Waals surface area contributed by atoms with Gasteiger partial charge in [0.05, 0.1) is 16.4 Å². The van der Waals surface area contributed by atoms with Crippen LogP contribution in [0, 0.1) is 6.92 Å². The summed E-state index contributed by atoms with van der Waals surface area (Å²) < 4.78 is 5.35. The van der Waals surface area contributed by atoms with E-state index in [1.807, 2.05) is 52.0 Å². The molecule has 0 saturated carbocycles. The van der Waals surface area contributed by atoms with Gasteiger partial charge in [0, 0.05) is 22.2 Å². The number of esters is 1. The van der Waals surface area contributed by atoms with E-state index in [9.17, 15) is 4.79 Å². The van der Waals surface area contributed by atoms with Gasteiger partial charge in [0.1, 0.15) is 6.61 Å². The molecule has 2 aromatic carbocycles. The second-order valence-corrected chi connectivity index (χ2v) is 7.57. The maximum atomic E-state index is 12.5. The number of hydrogen-bond acceptors (Lipinski definition) is 5. The van der Waals surface area contributed by atoms with Crippen molar-refractivity contribution in [2.24, 2.45) is 15.7 Å². The topological polar surface area (TPSA) is 77.0 Å². The van der Waals surface area contributed by atoms with Crippen molar-refractivity contribution < 1.29 is 9.53 Å². The van der Waals surface area contributed by atoms with Gasteiger partial charge in [-0.15, -0.1) is 0 Å². The molecule has 2 aliphatic rings. The lowest BCUT2D eigenvalue weighted by atomic mass is 9.96. The summed E-state index contributed by atoms with van der Waals surface area (Å²) in [5, 5.41) is 1.75. The highest BCUT2D eigenvalue weighted by atomic mass is 16.5. The van der Waals surface area contributed by atoms with Crippen molar-refractivity contribution in [3.8, 4) is 11.1 Å². The Morgan fingerprint density at radius 3 is 2.62 bits per heavy atom. The molecule has 4 rings (SSSR count). The Kier molecular flexibility index (Phi) is 3.59. The van der Waals surface area contributed by atoms with Crippen LogP contribution in [0.15, 0.2) is 46.0 Å². The number of nitrogens with zero attached hydrogens (tertiary/aromatic N) is 2. The molecule has 0 amide bonds. The third-order valence-corrected chi connectivity index (χ3v) is 4.68. The van der Waals surface area contributed by atoms with Crippen molar-refractivity contribution in [3.05, 3.63) is 57.9 Å². The Bertz CT molecular complexity index is 1110. The van der Waals surface area contributed by atoms with Crippen LogP contribution in [0.3, 0.4) is 0 Å². The molecule has 0 bridgehead atoms. The molecule has 2 N–H and O–H groups in total. The summed E-state index contributed by atoms with van der Waals surface area (Å²) in [5.41, 5.74) is 11.6. The number of benzene rings is 2. The number of ether oxygens (including phenoxy) is 1. The Hall–Kier alpha value is -2.79. The molecule has 0 fully saturated rings. The molecule has 26 heavy (non-hydrogen) atoms. The molecule has 2 aromatic rings. The van der Waals surface area contributed by atoms with Gasteiger partial charge in [-0.3, -0.25) is 0 Å². The minimum absolute atomic E-state index is 0.146. The van der Waals surface area contributed by atoms with Gasteiger partial charge in [-0.05, 0) is 51.0 Å². The number of carbonyl (C=O) groups excluding carboxylic acids is 1. The molecule has 2 aliphatic heterocycles. The van der Waals surface area contributed by atoms with E-state index in [2.05, 4.69) is 11.1 Å². The van der Waals surface area contributed by atoms with Crippen LogP contribution in [-0.2, 0) is 9.53 Å². The highest BCUT2D eigenvalue weighted by Gasteiger charge is 2.27. The van der Waals surface area contributed by atoms with Crippen LogP contribution in [0.1, 0.15) is 31.9 Å². The number of carbonyl (C=O) groups is 1. The van der Waals surface area contributed by atoms with Crippen LogP contribution >= 0.6 is 0 Å². The van der Waals surface area contributed by atoms with E-state index >= 15 is 0 Å². The predicted octanol–water partition coefficient (Wildman–Crippen LogP) is 2.57. The molecule has 2 heterocycles. The van der Waals surface area contributed by atoms with E-state index in [0.717, 1.165) is 44.2 Å². The first-order chi connectivity index (χ1) is 12.3. The van der Waals surface area contributed by atoms with Gasteiger partial charge in [0.25, 0.3) is 0 Å². The summed E-state index contributed by atoms with van der Waals surface area (Å²) in [4.78, 5) is 21.8. The number of rotatable bonds is 3. The molecule has 0 atom stereocenters. The van der Waals surface area contributed by atoms with Gasteiger partial charge in [-0.2, -0.15) is 0 Å². The Balaban J connectivity index is 1.79. The Labute approximate surface area is 151 Å². The Morgan fingerprint density at radius 2 is 1.88 bits per heavy atom. The van der Waals surface area contributed by atoms with E-state index < -0.39 is 11.5 Å². The maximum Gasteiger partial charge on any atom is 0.357 e. The van der Waals surface area contributed by atoms with Crippen LogP contribution in [0.5, 0.6) is 0 Å². The first kappa shape index (κ1) is 16.7. The molecule has 5 heteroatoms. The number of fused-ring (bicyclic) bond motifs is 4. The van der Waals surface area contributed by atoms with E-state index in [4.69, 9.17) is 15.5 Å². The van der Waals surface area contributed by atoms with Gasteiger partial charge in [-0.1, -0.05) is 18.2 Å². The van der Waals surface area contributed by atoms with Crippen LogP contribution < -0.4 is 16.4 Å². The van der Waals surface area contributed by atoms with Gasteiger partial charge in [-0.25, -0.2) is 14.8 Å². The summed E-state index contributed by atoms with van der Waals surface area (Å²) in [6.45, 7) is 7.71. The second-order valence-electron chi connectivity index (χ2n) is 7.57. The van der Waals surface area contributed by atoms with Crippen LogP contribution in [0.2, 0.25) is 0 Å². The largest absolute Gasteiger partial charge is 0.459 e. The molecule has 5 nitrogen and oxygen atoms in total. The van der Waals surface area contributed by atoms with Gasteiger partial charge >= 0.3 is 5.97 Å². The Morgan fingerprint density at radius 1 is 1.15 bits per heavy atom. The summed E-state index contributed by atoms with van der Waals surface area (Å²) in [6.07, 6.45) is 0. The quantitative estimate of drug-likeness (QED) is 0.740. The van der Waals surface area contributed by atoms with Crippen LogP contribution in [0.25, 0.3) is 16.7 Å². The molecular weight excluding hydrogens is 326 g/mol. The van der Waals surface area contributed by atoms with Crippen molar-refractivity contribution in [1.29, 1.82) is 0 Å². The van der Waals surface area contributed by atoms with Crippen LogP contribution in [0.4, 0.5) is 5.69 Å². The fraction of sp³-hybridized carbons (Fsp3) is 0.286. The summed E-state index contributed by atoms with van der Waals surface area (Å²) >= 11 is 0. The molecule has 0 saturated heterocycles. The monoisotopic (exact) mass is 347 g/mol. The number of nitrogens with two attached hydrogens (primary N) is 1. The third kappa shape index (κ3) is 2.56. The predicted molar refractivity (Wildman–Crippen MR) is 100 cm³/mol. The van der Waals surface area contributed by atoms with Crippen molar-refractivity contribution in [2.75, 3.05) is 6.61 Å². The lowest BCUT2D eigenvalue weighted by molar-refractivity contribution is -0.140. The average Bonchev–Trinajstić information content (AvgIpc) is 3.11. The maximum absolute atomic E-state index is 12.5. The molecule has 0 aliphatic carbocycles. The van der Waals surface area contributed by atoms with Gasteiger partial charge in [0.15, 0.2) is 5.70 Å². The zero-order chi connectivity index (χ0) is 18.6. The number of hydrogen-bond donors (Lipinski definition) is 1. The molecule has 0 spiro atoms. The lowest BCUT2D eigenvalue weighted by Gasteiger charge is -2.17. The minimum Gasteiger partial charge on any atom is -0.459 e. The average molecular weight is 347 g/mol. The summed E-state index contributed by atoms with van der Waals surface area (Å²) in [5.74, 6) is -0.436. The van der Waals surface area contributed by atoms with Crippen molar-refractivity contribution in [3.63, 3.8) is 0 Å². The molecular formula is C21H21N3O2. The summed E-state index contributed by atoms with van der Waals surface area (Å²) in [7, 11) is 0.